The molecule has 0 aliphatic heterocycles. The summed E-state index contributed by atoms with van der Waals surface area (Å²) in [5.41, 5.74) is 4.94. The van der Waals surface area contributed by atoms with E-state index in [0.29, 0.717) is 29.2 Å². The standard InChI is InChI=1S/C23H21ClN4O2/c1-15-6-7-17(12-16(15)2)20-14-21-23(30)27(10-11-28(21)26-20)9-8-25-22(29)18-4-3-5-19(24)13-18/h3-7,10-14H,8-9H2,1-2H3,(H,25,29). The van der Waals surface area contributed by atoms with Crippen LogP contribution in [0.15, 0.2) is 65.7 Å². The molecule has 2 aromatic heterocycles. The number of carbonyl (C=O) groups is 1. The highest BCUT2D eigenvalue weighted by Gasteiger charge is 2.11. The zero-order valence-corrected chi connectivity index (χ0v) is 17.5. The summed E-state index contributed by atoms with van der Waals surface area (Å²) < 4.78 is 3.16. The number of halogens is 1. The Morgan fingerprint density at radius 2 is 1.90 bits per heavy atom. The van der Waals surface area contributed by atoms with Crippen LogP contribution in [-0.4, -0.2) is 26.6 Å². The minimum atomic E-state index is -0.229. The van der Waals surface area contributed by atoms with Crippen LogP contribution in [0.2, 0.25) is 5.02 Å². The summed E-state index contributed by atoms with van der Waals surface area (Å²) in [7, 11) is 0. The second kappa shape index (κ2) is 8.16. The van der Waals surface area contributed by atoms with E-state index in [1.54, 1.807) is 51.8 Å². The predicted molar refractivity (Wildman–Crippen MR) is 118 cm³/mol. The van der Waals surface area contributed by atoms with Crippen molar-refractivity contribution in [2.24, 2.45) is 0 Å². The summed E-state index contributed by atoms with van der Waals surface area (Å²) in [5.74, 6) is -0.229. The zero-order chi connectivity index (χ0) is 21.3. The SMILES string of the molecule is Cc1ccc(-c2cc3c(=O)n(CCNC(=O)c4cccc(Cl)c4)ccn3n2)cc1C. The van der Waals surface area contributed by atoms with Crippen LogP contribution < -0.4 is 10.9 Å². The number of hydrogen-bond donors (Lipinski definition) is 1. The molecule has 0 fully saturated rings. The molecule has 0 spiro atoms. The highest BCUT2D eigenvalue weighted by molar-refractivity contribution is 6.30. The van der Waals surface area contributed by atoms with Crippen molar-refractivity contribution < 1.29 is 4.79 Å². The van der Waals surface area contributed by atoms with Crippen molar-refractivity contribution in [1.29, 1.82) is 0 Å². The second-order valence-electron chi connectivity index (χ2n) is 7.22. The van der Waals surface area contributed by atoms with Gasteiger partial charge in [-0.25, -0.2) is 4.52 Å². The average molecular weight is 421 g/mol. The highest BCUT2D eigenvalue weighted by Crippen LogP contribution is 2.21. The van der Waals surface area contributed by atoms with Crippen LogP contribution in [0.4, 0.5) is 0 Å². The van der Waals surface area contributed by atoms with Crippen LogP contribution >= 0.6 is 11.6 Å². The maximum absolute atomic E-state index is 12.9. The first-order valence-electron chi connectivity index (χ1n) is 9.62. The van der Waals surface area contributed by atoms with Gasteiger partial charge < -0.3 is 9.88 Å². The largest absolute Gasteiger partial charge is 0.350 e. The number of benzene rings is 2. The maximum atomic E-state index is 12.9. The number of aryl methyl sites for hydroxylation is 2. The van der Waals surface area contributed by atoms with E-state index in [9.17, 15) is 9.59 Å². The fourth-order valence-electron chi connectivity index (χ4n) is 3.27. The smallest absolute Gasteiger partial charge is 0.276 e. The minimum absolute atomic E-state index is 0.155. The molecule has 1 N–H and O–H groups in total. The molecule has 0 saturated heterocycles. The van der Waals surface area contributed by atoms with Crippen LogP contribution in [0, 0.1) is 13.8 Å². The van der Waals surface area contributed by atoms with E-state index < -0.39 is 0 Å². The number of carbonyl (C=O) groups excluding carboxylic acids is 1. The molecule has 152 valence electrons. The number of nitrogens with one attached hydrogen (secondary N) is 1. The van der Waals surface area contributed by atoms with E-state index >= 15 is 0 Å². The Morgan fingerprint density at radius 3 is 2.67 bits per heavy atom. The predicted octanol–water partition coefficient (Wildman–Crippen LogP) is 3.86. The summed E-state index contributed by atoms with van der Waals surface area (Å²) in [4.78, 5) is 25.1. The van der Waals surface area contributed by atoms with E-state index in [0.717, 1.165) is 11.3 Å². The van der Waals surface area contributed by atoms with E-state index in [1.165, 1.54) is 11.1 Å². The first-order valence-corrected chi connectivity index (χ1v) is 10.0. The van der Waals surface area contributed by atoms with Crippen LogP contribution in [0.5, 0.6) is 0 Å². The van der Waals surface area contributed by atoms with Crippen LogP contribution in [0.25, 0.3) is 16.8 Å². The van der Waals surface area contributed by atoms with Gasteiger partial charge in [-0.1, -0.05) is 29.8 Å². The van der Waals surface area contributed by atoms with Crippen molar-refractivity contribution >= 4 is 23.0 Å². The van der Waals surface area contributed by atoms with Gasteiger partial charge in [0.05, 0.1) is 5.69 Å². The van der Waals surface area contributed by atoms with Gasteiger partial charge in [0, 0.05) is 41.6 Å². The third-order valence-electron chi connectivity index (χ3n) is 5.13. The third-order valence-corrected chi connectivity index (χ3v) is 5.37. The number of rotatable bonds is 5. The van der Waals surface area contributed by atoms with Crippen LogP contribution in [-0.2, 0) is 6.54 Å². The summed E-state index contributed by atoms with van der Waals surface area (Å²) in [6.45, 7) is 4.79. The highest BCUT2D eigenvalue weighted by atomic mass is 35.5. The molecule has 7 heteroatoms. The van der Waals surface area contributed by atoms with E-state index in [-0.39, 0.29) is 11.5 Å². The van der Waals surface area contributed by atoms with Gasteiger partial charge in [0.2, 0.25) is 0 Å². The lowest BCUT2D eigenvalue weighted by atomic mass is 10.0. The molecular weight excluding hydrogens is 400 g/mol. The number of amides is 1. The van der Waals surface area contributed by atoms with E-state index in [1.807, 2.05) is 6.07 Å². The Labute approximate surface area is 178 Å². The summed E-state index contributed by atoms with van der Waals surface area (Å²) in [6, 6.07) is 14.7. The number of hydrogen-bond acceptors (Lipinski definition) is 3. The monoisotopic (exact) mass is 420 g/mol. The van der Waals surface area contributed by atoms with Gasteiger partial charge in [-0.2, -0.15) is 5.10 Å². The Balaban J connectivity index is 1.51. The topological polar surface area (TPSA) is 68.4 Å². The first kappa shape index (κ1) is 19.9. The molecule has 0 unspecified atom stereocenters. The molecular formula is C23H21ClN4O2. The minimum Gasteiger partial charge on any atom is -0.350 e. The lowest BCUT2D eigenvalue weighted by molar-refractivity contribution is 0.0952. The van der Waals surface area contributed by atoms with Crippen molar-refractivity contribution in [3.63, 3.8) is 0 Å². The van der Waals surface area contributed by atoms with Gasteiger partial charge in [-0.3, -0.25) is 9.59 Å². The van der Waals surface area contributed by atoms with Gasteiger partial charge in [0.1, 0.15) is 5.52 Å². The van der Waals surface area contributed by atoms with Crippen molar-refractivity contribution in [3.05, 3.63) is 93.0 Å². The maximum Gasteiger partial charge on any atom is 0.276 e. The molecule has 0 atom stereocenters. The summed E-state index contributed by atoms with van der Waals surface area (Å²) in [6.07, 6.45) is 3.43. The van der Waals surface area contributed by atoms with Gasteiger partial charge in [0.15, 0.2) is 0 Å². The van der Waals surface area contributed by atoms with Crippen molar-refractivity contribution in [3.8, 4) is 11.3 Å². The molecule has 0 aliphatic rings. The molecule has 30 heavy (non-hydrogen) atoms. The molecule has 2 aromatic carbocycles. The van der Waals surface area contributed by atoms with Gasteiger partial charge >= 0.3 is 0 Å². The molecule has 0 aliphatic carbocycles. The Bertz CT molecular complexity index is 1310. The Hall–Kier alpha value is -3.38. The van der Waals surface area contributed by atoms with Crippen LogP contribution in [0.3, 0.4) is 0 Å². The lowest BCUT2D eigenvalue weighted by Crippen LogP contribution is -2.31. The lowest BCUT2D eigenvalue weighted by Gasteiger charge is -2.08. The molecule has 6 nitrogen and oxygen atoms in total. The normalized spacial score (nSPS) is 11.0. The second-order valence-corrected chi connectivity index (χ2v) is 7.66. The molecule has 0 saturated carbocycles. The number of nitrogens with zero attached hydrogens (tertiary/aromatic N) is 3. The van der Waals surface area contributed by atoms with Gasteiger partial charge in [-0.05, 0) is 55.3 Å². The van der Waals surface area contributed by atoms with E-state index in [4.69, 9.17) is 11.6 Å². The average Bonchev–Trinajstić information content (AvgIpc) is 3.17. The van der Waals surface area contributed by atoms with Gasteiger partial charge in [0.25, 0.3) is 11.5 Å². The van der Waals surface area contributed by atoms with Crippen LogP contribution in [0.1, 0.15) is 21.5 Å². The quantitative estimate of drug-likeness (QED) is 0.533. The zero-order valence-electron chi connectivity index (χ0n) is 16.7. The summed E-state index contributed by atoms with van der Waals surface area (Å²) >= 11 is 5.92. The Kier molecular flexibility index (Phi) is 5.42. The molecule has 4 aromatic rings. The summed E-state index contributed by atoms with van der Waals surface area (Å²) in [5, 5.41) is 7.85. The molecule has 2 heterocycles. The van der Waals surface area contributed by atoms with Crippen molar-refractivity contribution in [2.45, 2.75) is 20.4 Å². The van der Waals surface area contributed by atoms with Crippen molar-refractivity contribution in [1.82, 2.24) is 19.5 Å². The molecule has 4 rings (SSSR count). The van der Waals surface area contributed by atoms with Gasteiger partial charge in [-0.15, -0.1) is 0 Å². The fraction of sp³-hybridized carbons (Fsp3) is 0.174. The Morgan fingerprint density at radius 1 is 1.07 bits per heavy atom. The molecule has 1 amide bonds. The van der Waals surface area contributed by atoms with E-state index in [2.05, 4.69) is 36.4 Å². The molecule has 0 radical (unpaired) electrons. The molecule has 0 bridgehead atoms. The number of fused-ring (bicyclic) bond motifs is 1. The third kappa shape index (κ3) is 4.00. The first-order chi connectivity index (χ1) is 14.4. The van der Waals surface area contributed by atoms with Crippen molar-refractivity contribution in [2.75, 3.05) is 6.54 Å². The fourth-order valence-corrected chi connectivity index (χ4v) is 3.46. The number of aromatic nitrogens is 3.